The molecule has 0 saturated carbocycles. The number of carbonyl (C=O) groups is 1. The first kappa shape index (κ1) is 16.4. The molecule has 1 atom stereocenters. The predicted molar refractivity (Wildman–Crippen MR) is 93.1 cm³/mol. The van der Waals surface area contributed by atoms with Crippen LogP contribution in [0.5, 0.6) is 0 Å². The molecule has 1 amide bonds. The summed E-state index contributed by atoms with van der Waals surface area (Å²) in [5.41, 5.74) is 3.59. The normalized spacial score (nSPS) is 16.2. The second-order valence-corrected chi connectivity index (χ2v) is 6.24. The fourth-order valence-corrected chi connectivity index (χ4v) is 2.89. The SMILES string of the molecule is Cc1ccc([C@H]2Cn3nnc(C(=O)Nc4ccc(F)cc4)c3CO2)cc1. The number of halogens is 1. The summed E-state index contributed by atoms with van der Waals surface area (Å²) in [6.07, 6.45) is -0.127. The standard InChI is InChI=1S/C19H17FN4O2/c1-12-2-4-13(5-3-12)17-10-24-16(11-26-17)18(22-23-24)19(25)21-15-8-6-14(20)7-9-15/h2-9,17H,10-11H2,1H3,(H,21,25)/t17-/m1/s1. The van der Waals surface area contributed by atoms with Gasteiger partial charge in [-0.2, -0.15) is 0 Å². The maximum absolute atomic E-state index is 13.0. The number of aromatic nitrogens is 3. The van der Waals surface area contributed by atoms with Gasteiger partial charge in [0, 0.05) is 5.69 Å². The van der Waals surface area contributed by atoms with Gasteiger partial charge in [0.15, 0.2) is 5.69 Å². The molecule has 0 bridgehead atoms. The minimum Gasteiger partial charge on any atom is -0.365 e. The molecule has 2 heterocycles. The summed E-state index contributed by atoms with van der Waals surface area (Å²) in [6, 6.07) is 13.7. The summed E-state index contributed by atoms with van der Waals surface area (Å²) >= 11 is 0. The van der Waals surface area contributed by atoms with Crippen molar-refractivity contribution in [1.29, 1.82) is 0 Å². The molecule has 0 aliphatic carbocycles. The van der Waals surface area contributed by atoms with Crippen molar-refractivity contribution in [2.75, 3.05) is 5.32 Å². The Bertz CT molecular complexity index is 935. The van der Waals surface area contributed by atoms with Gasteiger partial charge in [0.1, 0.15) is 11.9 Å². The van der Waals surface area contributed by atoms with Gasteiger partial charge < -0.3 is 10.1 Å². The van der Waals surface area contributed by atoms with E-state index in [0.717, 1.165) is 5.56 Å². The molecule has 4 rings (SSSR count). The second-order valence-electron chi connectivity index (χ2n) is 6.24. The Kier molecular flexibility index (Phi) is 4.22. The van der Waals surface area contributed by atoms with Crippen molar-refractivity contribution in [3.8, 4) is 0 Å². The highest BCUT2D eigenvalue weighted by Crippen LogP contribution is 2.27. The third kappa shape index (κ3) is 3.21. The van der Waals surface area contributed by atoms with E-state index in [9.17, 15) is 9.18 Å². The number of aryl methyl sites for hydroxylation is 1. The Labute approximate surface area is 149 Å². The van der Waals surface area contributed by atoms with Gasteiger partial charge in [-0.1, -0.05) is 35.0 Å². The number of carbonyl (C=O) groups excluding carboxylic acids is 1. The summed E-state index contributed by atoms with van der Waals surface area (Å²) in [5, 5.41) is 10.8. The number of anilines is 1. The maximum atomic E-state index is 13.0. The second kappa shape index (κ2) is 6.68. The van der Waals surface area contributed by atoms with Crippen LogP contribution < -0.4 is 5.32 Å². The van der Waals surface area contributed by atoms with Crippen LogP contribution in [0.3, 0.4) is 0 Å². The van der Waals surface area contributed by atoms with Gasteiger partial charge in [-0.05, 0) is 36.8 Å². The quantitative estimate of drug-likeness (QED) is 0.786. The lowest BCUT2D eigenvalue weighted by molar-refractivity contribution is -0.00171. The van der Waals surface area contributed by atoms with E-state index >= 15 is 0 Å². The minimum atomic E-state index is -0.393. The summed E-state index contributed by atoms with van der Waals surface area (Å²) < 4.78 is 20.6. The smallest absolute Gasteiger partial charge is 0.278 e. The van der Waals surface area contributed by atoms with Gasteiger partial charge in [0.2, 0.25) is 0 Å². The summed E-state index contributed by atoms with van der Waals surface area (Å²) in [7, 11) is 0. The predicted octanol–water partition coefficient (Wildman–Crippen LogP) is 3.25. The van der Waals surface area contributed by atoms with E-state index in [1.165, 1.54) is 29.8 Å². The van der Waals surface area contributed by atoms with Gasteiger partial charge >= 0.3 is 0 Å². The van der Waals surface area contributed by atoms with E-state index < -0.39 is 5.91 Å². The first-order valence-electron chi connectivity index (χ1n) is 8.27. The highest BCUT2D eigenvalue weighted by Gasteiger charge is 2.27. The van der Waals surface area contributed by atoms with Crippen LogP contribution in [0.25, 0.3) is 0 Å². The molecule has 1 aliphatic heterocycles. The van der Waals surface area contributed by atoms with Gasteiger partial charge in [0.05, 0.1) is 18.8 Å². The third-order valence-electron chi connectivity index (χ3n) is 4.36. The van der Waals surface area contributed by atoms with Crippen LogP contribution in [0.4, 0.5) is 10.1 Å². The van der Waals surface area contributed by atoms with Gasteiger partial charge in [-0.25, -0.2) is 9.07 Å². The number of nitrogens with one attached hydrogen (secondary N) is 1. The number of ether oxygens (including phenoxy) is 1. The van der Waals surface area contributed by atoms with Crippen molar-refractivity contribution < 1.29 is 13.9 Å². The van der Waals surface area contributed by atoms with Crippen molar-refractivity contribution in [3.63, 3.8) is 0 Å². The van der Waals surface area contributed by atoms with E-state index in [2.05, 4.69) is 15.6 Å². The van der Waals surface area contributed by atoms with E-state index in [1.54, 1.807) is 4.68 Å². The Morgan fingerprint density at radius 2 is 1.92 bits per heavy atom. The van der Waals surface area contributed by atoms with Crippen molar-refractivity contribution >= 4 is 11.6 Å². The van der Waals surface area contributed by atoms with E-state index in [0.29, 0.717) is 17.9 Å². The monoisotopic (exact) mass is 352 g/mol. The topological polar surface area (TPSA) is 69.0 Å². The fourth-order valence-electron chi connectivity index (χ4n) is 2.89. The number of rotatable bonds is 3. The van der Waals surface area contributed by atoms with E-state index in [-0.39, 0.29) is 24.2 Å². The Hall–Kier alpha value is -3.06. The molecule has 1 aromatic heterocycles. The van der Waals surface area contributed by atoms with Gasteiger partial charge in [0.25, 0.3) is 5.91 Å². The summed E-state index contributed by atoms with van der Waals surface area (Å²) in [6.45, 7) is 2.78. The molecule has 0 saturated heterocycles. The Morgan fingerprint density at radius 3 is 2.65 bits per heavy atom. The lowest BCUT2D eigenvalue weighted by atomic mass is 10.1. The molecule has 0 fully saturated rings. The van der Waals surface area contributed by atoms with Crippen molar-refractivity contribution in [3.05, 3.63) is 76.9 Å². The molecule has 2 aromatic carbocycles. The highest BCUT2D eigenvalue weighted by atomic mass is 19.1. The third-order valence-corrected chi connectivity index (χ3v) is 4.36. The largest absolute Gasteiger partial charge is 0.365 e. The Balaban J connectivity index is 1.51. The van der Waals surface area contributed by atoms with Crippen LogP contribution in [0.1, 0.15) is 33.4 Å². The highest BCUT2D eigenvalue weighted by molar-refractivity contribution is 6.03. The molecule has 0 unspecified atom stereocenters. The number of amides is 1. The Morgan fingerprint density at radius 1 is 1.19 bits per heavy atom. The molecule has 132 valence electrons. The van der Waals surface area contributed by atoms with Crippen molar-refractivity contribution in [2.24, 2.45) is 0 Å². The molecular weight excluding hydrogens is 335 g/mol. The van der Waals surface area contributed by atoms with Gasteiger partial charge in [-0.3, -0.25) is 4.79 Å². The minimum absolute atomic E-state index is 0.127. The lowest BCUT2D eigenvalue weighted by Crippen LogP contribution is -2.24. The number of hydrogen-bond donors (Lipinski definition) is 1. The van der Waals surface area contributed by atoms with Crippen LogP contribution in [0.2, 0.25) is 0 Å². The molecule has 1 N–H and O–H groups in total. The molecule has 3 aromatic rings. The number of nitrogens with zero attached hydrogens (tertiary/aromatic N) is 3. The molecule has 7 heteroatoms. The average Bonchev–Trinajstić information content (AvgIpc) is 3.07. The van der Waals surface area contributed by atoms with Crippen LogP contribution >= 0.6 is 0 Å². The van der Waals surface area contributed by atoms with Gasteiger partial charge in [-0.15, -0.1) is 5.10 Å². The summed E-state index contributed by atoms with van der Waals surface area (Å²) in [5.74, 6) is -0.755. The lowest BCUT2D eigenvalue weighted by Gasteiger charge is -2.24. The van der Waals surface area contributed by atoms with E-state index in [1.807, 2.05) is 31.2 Å². The first-order valence-corrected chi connectivity index (χ1v) is 8.27. The molecule has 0 radical (unpaired) electrons. The molecular formula is C19H17FN4O2. The van der Waals surface area contributed by atoms with Crippen LogP contribution in [-0.2, 0) is 17.9 Å². The zero-order valence-corrected chi connectivity index (χ0v) is 14.1. The zero-order chi connectivity index (χ0) is 18.1. The number of benzene rings is 2. The molecule has 6 nitrogen and oxygen atoms in total. The van der Waals surface area contributed by atoms with Crippen LogP contribution in [0, 0.1) is 12.7 Å². The molecule has 1 aliphatic rings. The van der Waals surface area contributed by atoms with Crippen molar-refractivity contribution in [1.82, 2.24) is 15.0 Å². The van der Waals surface area contributed by atoms with Crippen LogP contribution in [0.15, 0.2) is 48.5 Å². The molecule has 26 heavy (non-hydrogen) atoms. The number of fused-ring (bicyclic) bond motifs is 1. The van der Waals surface area contributed by atoms with Crippen LogP contribution in [-0.4, -0.2) is 20.9 Å². The molecule has 0 spiro atoms. The zero-order valence-electron chi connectivity index (χ0n) is 14.1. The fraction of sp³-hybridized carbons (Fsp3) is 0.211. The number of hydrogen-bond acceptors (Lipinski definition) is 4. The summed E-state index contributed by atoms with van der Waals surface area (Å²) in [4.78, 5) is 12.4. The average molecular weight is 352 g/mol. The maximum Gasteiger partial charge on any atom is 0.278 e. The first-order chi connectivity index (χ1) is 12.6. The van der Waals surface area contributed by atoms with Crippen molar-refractivity contribution in [2.45, 2.75) is 26.2 Å². The van der Waals surface area contributed by atoms with E-state index in [4.69, 9.17) is 4.74 Å².